The van der Waals surface area contributed by atoms with Gasteiger partial charge in [-0.15, -0.1) is 24.8 Å². The number of fused-ring (bicyclic) bond motifs is 1. The molecular weight excluding hydrogens is 385 g/mol. The highest BCUT2D eigenvalue weighted by atomic mass is 35.5. The lowest BCUT2D eigenvalue weighted by Crippen LogP contribution is -2.27. The average Bonchev–Trinajstić information content (AvgIpc) is 3.34. The lowest BCUT2D eigenvalue weighted by atomic mass is 10.1. The Bertz CT molecular complexity index is 793. The maximum Gasteiger partial charge on any atom is 0.252 e. The van der Waals surface area contributed by atoms with Gasteiger partial charge in [-0.2, -0.15) is 5.10 Å². The molecule has 152 valence electrons. The molecule has 1 amide bonds. The molecule has 1 aliphatic carbocycles. The van der Waals surface area contributed by atoms with Crippen LogP contribution in [0.5, 0.6) is 0 Å². The van der Waals surface area contributed by atoms with E-state index >= 15 is 0 Å². The van der Waals surface area contributed by atoms with Crippen LogP contribution in [0.15, 0.2) is 6.07 Å². The molecule has 2 aromatic rings. The third kappa shape index (κ3) is 5.12. The minimum atomic E-state index is -0.178. The van der Waals surface area contributed by atoms with Gasteiger partial charge in [0.05, 0.1) is 22.2 Å². The molecule has 0 saturated heterocycles. The maximum absolute atomic E-state index is 12.8. The topological polar surface area (TPSA) is 71.8 Å². The molecule has 0 aliphatic heterocycles. The number of pyridine rings is 1. The first kappa shape index (κ1) is 23.7. The van der Waals surface area contributed by atoms with E-state index in [2.05, 4.69) is 31.4 Å². The number of aromatic nitrogens is 3. The Kier molecular flexibility index (Phi) is 8.08. The molecule has 0 radical (unpaired) electrons. The Labute approximate surface area is 173 Å². The van der Waals surface area contributed by atoms with Crippen molar-refractivity contribution in [3.8, 4) is 0 Å². The van der Waals surface area contributed by atoms with Crippen molar-refractivity contribution in [1.29, 1.82) is 0 Å². The molecule has 27 heavy (non-hydrogen) atoms. The molecule has 2 aromatic heterocycles. The summed E-state index contributed by atoms with van der Waals surface area (Å²) in [5, 5.41) is 11.7. The zero-order chi connectivity index (χ0) is 18.2. The van der Waals surface area contributed by atoms with Crippen molar-refractivity contribution in [1.82, 2.24) is 25.4 Å². The molecule has 2 heterocycles. The summed E-state index contributed by atoms with van der Waals surface area (Å²) in [6.07, 6.45) is 3.22. The normalized spacial score (nSPS) is 13.8. The van der Waals surface area contributed by atoms with Crippen LogP contribution in [0.25, 0.3) is 11.0 Å². The fourth-order valence-electron chi connectivity index (χ4n) is 3.11. The zero-order valence-corrected chi connectivity index (χ0v) is 18.4. The van der Waals surface area contributed by atoms with E-state index in [-0.39, 0.29) is 36.3 Å². The third-order valence-corrected chi connectivity index (χ3v) is 4.60. The SMILES string of the molecule is CNCCCNC(=O)c1cc(C2CC2)nc2c1c(C)nn2C(C)(C)C.Cl.Cl. The highest BCUT2D eigenvalue weighted by Crippen LogP contribution is 2.40. The number of rotatable bonds is 6. The highest BCUT2D eigenvalue weighted by molar-refractivity contribution is 6.06. The van der Waals surface area contributed by atoms with Crippen LogP contribution in [-0.4, -0.2) is 40.8 Å². The van der Waals surface area contributed by atoms with E-state index in [9.17, 15) is 4.79 Å². The van der Waals surface area contributed by atoms with Gasteiger partial charge in [-0.05, 0) is 66.6 Å². The number of carbonyl (C=O) groups is 1. The second-order valence-corrected chi connectivity index (χ2v) is 7.95. The van der Waals surface area contributed by atoms with Gasteiger partial charge in [0, 0.05) is 18.2 Å². The number of nitrogens with zero attached hydrogens (tertiary/aromatic N) is 3. The van der Waals surface area contributed by atoms with Gasteiger partial charge in [-0.3, -0.25) is 4.79 Å². The fourth-order valence-corrected chi connectivity index (χ4v) is 3.11. The van der Waals surface area contributed by atoms with Crippen molar-refractivity contribution < 1.29 is 4.79 Å². The van der Waals surface area contributed by atoms with E-state index in [4.69, 9.17) is 10.1 Å². The molecule has 1 saturated carbocycles. The van der Waals surface area contributed by atoms with E-state index in [0.29, 0.717) is 18.0 Å². The van der Waals surface area contributed by atoms with Gasteiger partial charge < -0.3 is 10.6 Å². The van der Waals surface area contributed by atoms with Crippen molar-refractivity contribution in [2.24, 2.45) is 0 Å². The first-order chi connectivity index (χ1) is 11.8. The molecule has 1 fully saturated rings. The van der Waals surface area contributed by atoms with Crippen LogP contribution < -0.4 is 10.6 Å². The molecule has 1 aliphatic rings. The van der Waals surface area contributed by atoms with Crippen molar-refractivity contribution in [2.75, 3.05) is 20.1 Å². The van der Waals surface area contributed by atoms with Gasteiger partial charge in [-0.25, -0.2) is 9.67 Å². The van der Waals surface area contributed by atoms with Gasteiger partial charge in [-0.1, -0.05) is 0 Å². The van der Waals surface area contributed by atoms with Crippen molar-refractivity contribution >= 4 is 41.8 Å². The number of hydrogen-bond acceptors (Lipinski definition) is 4. The van der Waals surface area contributed by atoms with Crippen LogP contribution in [0, 0.1) is 6.92 Å². The van der Waals surface area contributed by atoms with Crippen LogP contribution in [0.1, 0.15) is 67.7 Å². The van der Waals surface area contributed by atoms with Crippen LogP contribution in [-0.2, 0) is 5.54 Å². The van der Waals surface area contributed by atoms with E-state index in [0.717, 1.165) is 48.2 Å². The van der Waals surface area contributed by atoms with Crippen LogP contribution in [0.2, 0.25) is 0 Å². The van der Waals surface area contributed by atoms with Crippen LogP contribution in [0.4, 0.5) is 0 Å². The summed E-state index contributed by atoms with van der Waals surface area (Å²) in [5.41, 5.74) is 3.25. The zero-order valence-electron chi connectivity index (χ0n) is 16.8. The predicted molar refractivity (Wildman–Crippen MR) is 115 cm³/mol. The summed E-state index contributed by atoms with van der Waals surface area (Å²) >= 11 is 0. The molecule has 0 bridgehead atoms. The van der Waals surface area contributed by atoms with E-state index in [1.807, 2.05) is 24.7 Å². The Morgan fingerprint density at radius 2 is 1.93 bits per heavy atom. The quantitative estimate of drug-likeness (QED) is 0.707. The number of halogens is 2. The van der Waals surface area contributed by atoms with Gasteiger partial charge in [0.25, 0.3) is 5.91 Å². The maximum atomic E-state index is 12.8. The second kappa shape index (κ2) is 9.22. The largest absolute Gasteiger partial charge is 0.352 e. The first-order valence-electron chi connectivity index (χ1n) is 9.16. The minimum absolute atomic E-state index is 0. The van der Waals surface area contributed by atoms with Crippen molar-refractivity contribution in [3.05, 3.63) is 23.0 Å². The van der Waals surface area contributed by atoms with Crippen molar-refractivity contribution in [2.45, 2.75) is 58.4 Å². The number of hydrogen-bond donors (Lipinski definition) is 2. The molecular formula is C19H31Cl2N5O. The smallest absolute Gasteiger partial charge is 0.252 e. The predicted octanol–water partition coefficient (Wildman–Crippen LogP) is 3.56. The Hall–Kier alpha value is -1.37. The van der Waals surface area contributed by atoms with Gasteiger partial charge >= 0.3 is 0 Å². The summed E-state index contributed by atoms with van der Waals surface area (Å²) < 4.78 is 1.96. The second-order valence-electron chi connectivity index (χ2n) is 7.95. The van der Waals surface area contributed by atoms with Gasteiger partial charge in [0.1, 0.15) is 0 Å². The average molecular weight is 416 g/mol. The summed E-state index contributed by atoms with van der Waals surface area (Å²) in [6.45, 7) is 9.85. The van der Waals surface area contributed by atoms with E-state index < -0.39 is 0 Å². The van der Waals surface area contributed by atoms with Crippen LogP contribution >= 0.6 is 24.8 Å². The number of aryl methyl sites for hydroxylation is 1. The summed E-state index contributed by atoms with van der Waals surface area (Å²) in [6, 6.07) is 1.98. The monoisotopic (exact) mass is 415 g/mol. The highest BCUT2D eigenvalue weighted by Gasteiger charge is 2.30. The van der Waals surface area contributed by atoms with E-state index in [1.54, 1.807) is 0 Å². The fraction of sp³-hybridized carbons (Fsp3) is 0.632. The molecule has 0 aromatic carbocycles. The summed E-state index contributed by atoms with van der Waals surface area (Å²) in [5.74, 6) is 0.464. The number of nitrogens with one attached hydrogen (secondary N) is 2. The Balaban J connectivity index is 0.00000182. The molecule has 8 heteroatoms. The molecule has 2 N–H and O–H groups in total. The lowest BCUT2D eigenvalue weighted by molar-refractivity contribution is 0.0954. The number of amides is 1. The van der Waals surface area contributed by atoms with Gasteiger partial charge in [0.15, 0.2) is 5.65 Å². The van der Waals surface area contributed by atoms with Crippen LogP contribution in [0.3, 0.4) is 0 Å². The molecule has 3 rings (SSSR count). The van der Waals surface area contributed by atoms with Gasteiger partial charge in [0.2, 0.25) is 0 Å². The molecule has 0 unspecified atom stereocenters. The summed E-state index contributed by atoms with van der Waals surface area (Å²) in [7, 11) is 1.92. The lowest BCUT2D eigenvalue weighted by Gasteiger charge is -2.20. The molecule has 6 nitrogen and oxygen atoms in total. The van der Waals surface area contributed by atoms with E-state index in [1.165, 1.54) is 0 Å². The minimum Gasteiger partial charge on any atom is -0.352 e. The standard InChI is InChI=1S/C19H29N5O.2ClH/c1-12-16-14(18(25)21-10-6-9-20-5)11-15(13-7-8-13)22-17(16)24(23-12)19(2,3)4;;/h11,13,20H,6-10H2,1-5H3,(H,21,25);2*1H. The molecule has 0 spiro atoms. The molecule has 0 atom stereocenters. The Morgan fingerprint density at radius 3 is 2.48 bits per heavy atom. The number of carbonyl (C=O) groups excluding carboxylic acids is 1. The first-order valence-corrected chi connectivity index (χ1v) is 9.16. The third-order valence-electron chi connectivity index (χ3n) is 4.60. The summed E-state index contributed by atoms with van der Waals surface area (Å²) in [4.78, 5) is 17.7. The Morgan fingerprint density at radius 1 is 1.26 bits per heavy atom. The van der Waals surface area contributed by atoms with Crippen molar-refractivity contribution in [3.63, 3.8) is 0 Å².